The maximum Gasteiger partial charge on any atom is 0.222 e. The summed E-state index contributed by atoms with van der Waals surface area (Å²) in [7, 11) is 0. The first-order valence-corrected chi connectivity index (χ1v) is 5.99. The van der Waals surface area contributed by atoms with Crippen LogP contribution in [0.4, 0.5) is 0 Å². The van der Waals surface area contributed by atoms with Crippen LogP contribution in [0.1, 0.15) is 26.2 Å². The molecule has 94 valence electrons. The maximum atomic E-state index is 11.5. The largest absolute Gasteiger partial charge is 0.393 e. The highest BCUT2D eigenvalue weighted by Crippen LogP contribution is 2.01. The lowest BCUT2D eigenvalue weighted by atomic mass is 10.2. The first-order valence-electron chi connectivity index (χ1n) is 5.99. The minimum absolute atomic E-state index is 0.00277. The number of aliphatic hydroxyl groups excluding tert-OH is 1. The zero-order valence-electron chi connectivity index (χ0n) is 9.87. The standard InChI is InChI=1S/C11H22N2O3/c1-2-9(14)3-4-13-11(15)7-10-8-12-5-6-16-10/h9-10,12,14H,2-8H2,1H3,(H,13,15). The molecule has 5 nitrogen and oxygen atoms in total. The average Bonchev–Trinajstić information content (AvgIpc) is 2.30. The van der Waals surface area contributed by atoms with Crippen molar-refractivity contribution >= 4 is 5.91 Å². The number of rotatable bonds is 6. The van der Waals surface area contributed by atoms with E-state index in [9.17, 15) is 9.90 Å². The Bertz CT molecular complexity index is 205. The lowest BCUT2D eigenvalue weighted by Crippen LogP contribution is -2.41. The highest BCUT2D eigenvalue weighted by molar-refractivity contribution is 5.76. The van der Waals surface area contributed by atoms with E-state index in [2.05, 4.69) is 10.6 Å². The van der Waals surface area contributed by atoms with Crippen molar-refractivity contribution in [1.29, 1.82) is 0 Å². The zero-order chi connectivity index (χ0) is 11.8. The molecule has 1 saturated heterocycles. The molecule has 0 radical (unpaired) electrons. The van der Waals surface area contributed by atoms with E-state index in [1.165, 1.54) is 0 Å². The van der Waals surface area contributed by atoms with Gasteiger partial charge in [-0.05, 0) is 12.8 Å². The minimum atomic E-state index is -0.312. The molecular weight excluding hydrogens is 208 g/mol. The van der Waals surface area contributed by atoms with E-state index in [1.54, 1.807) is 0 Å². The van der Waals surface area contributed by atoms with Crippen molar-refractivity contribution in [2.75, 3.05) is 26.2 Å². The molecule has 0 spiro atoms. The van der Waals surface area contributed by atoms with Crippen LogP contribution in [0.3, 0.4) is 0 Å². The molecule has 1 fully saturated rings. The van der Waals surface area contributed by atoms with Gasteiger partial charge in [-0.15, -0.1) is 0 Å². The predicted molar refractivity (Wildman–Crippen MR) is 61.2 cm³/mol. The van der Waals surface area contributed by atoms with E-state index in [4.69, 9.17) is 4.74 Å². The van der Waals surface area contributed by atoms with Crippen LogP contribution in [-0.4, -0.2) is 49.5 Å². The van der Waals surface area contributed by atoms with Crippen LogP contribution >= 0.6 is 0 Å². The van der Waals surface area contributed by atoms with E-state index < -0.39 is 0 Å². The minimum Gasteiger partial charge on any atom is -0.393 e. The molecule has 1 amide bonds. The molecule has 3 N–H and O–H groups in total. The highest BCUT2D eigenvalue weighted by atomic mass is 16.5. The molecule has 1 heterocycles. The SMILES string of the molecule is CCC(O)CCNC(=O)CC1CNCCO1. The Morgan fingerprint density at radius 1 is 1.69 bits per heavy atom. The van der Waals surface area contributed by atoms with Gasteiger partial charge in [-0.3, -0.25) is 4.79 Å². The van der Waals surface area contributed by atoms with Gasteiger partial charge in [0.25, 0.3) is 0 Å². The monoisotopic (exact) mass is 230 g/mol. The Kier molecular flexibility index (Phi) is 6.37. The molecule has 0 bridgehead atoms. The Morgan fingerprint density at radius 3 is 3.12 bits per heavy atom. The molecule has 0 saturated carbocycles. The quantitative estimate of drug-likeness (QED) is 0.583. The number of ether oxygens (including phenoxy) is 1. The van der Waals surface area contributed by atoms with Gasteiger partial charge in [0, 0.05) is 19.6 Å². The van der Waals surface area contributed by atoms with Crippen LogP contribution in [-0.2, 0) is 9.53 Å². The third kappa shape index (κ3) is 5.44. The second-order valence-corrected chi connectivity index (χ2v) is 4.10. The van der Waals surface area contributed by atoms with Crippen molar-refractivity contribution in [2.24, 2.45) is 0 Å². The molecule has 0 aromatic carbocycles. The van der Waals surface area contributed by atoms with Crippen LogP contribution in [0.15, 0.2) is 0 Å². The van der Waals surface area contributed by atoms with Gasteiger partial charge in [0.05, 0.1) is 25.2 Å². The number of aliphatic hydroxyl groups is 1. The lowest BCUT2D eigenvalue weighted by molar-refractivity contribution is -0.124. The van der Waals surface area contributed by atoms with Gasteiger partial charge in [-0.1, -0.05) is 6.92 Å². The maximum absolute atomic E-state index is 11.5. The summed E-state index contributed by atoms with van der Waals surface area (Å²) in [6.45, 7) is 4.74. The molecule has 1 aliphatic heterocycles. The van der Waals surface area contributed by atoms with E-state index >= 15 is 0 Å². The van der Waals surface area contributed by atoms with E-state index in [-0.39, 0.29) is 18.1 Å². The fraction of sp³-hybridized carbons (Fsp3) is 0.909. The van der Waals surface area contributed by atoms with Gasteiger partial charge in [-0.2, -0.15) is 0 Å². The van der Waals surface area contributed by atoms with E-state index in [0.29, 0.717) is 26.0 Å². The Morgan fingerprint density at radius 2 is 2.50 bits per heavy atom. The summed E-state index contributed by atoms with van der Waals surface area (Å²) in [5.74, 6) is -0.00277. The summed E-state index contributed by atoms with van der Waals surface area (Å²) in [5.41, 5.74) is 0. The van der Waals surface area contributed by atoms with Crippen molar-refractivity contribution < 1.29 is 14.6 Å². The summed E-state index contributed by atoms with van der Waals surface area (Å²) in [6.07, 6.45) is 1.42. The van der Waals surface area contributed by atoms with Crippen molar-refractivity contribution in [3.05, 3.63) is 0 Å². The molecule has 2 atom stereocenters. The lowest BCUT2D eigenvalue weighted by Gasteiger charge is -2.23. The molecule has 16 heavy (non-hydrogen) atoms. The van der Waals surface area contributed by atoms with Crippen molar-refractivity contribution in [1.82, 2.24) is 10.6 Å². The van der Waals surface area contributed by atoms with Crippen LogP contribution < -0.4 is 10.6 Å². The molecule has 1 aliphatic rings. The number of amides is 1. The summed E-state index contributed by atoms with van der Waals surface area (Å²) in [4.78, 5) is 11.5. The normalized spacial score (nSPS) is 22.8. The number of hydrogen-bond donors (Lipinski definition) is 3. The summed E-state index contributed by atoms with van der Waals surface area (Å²) < 4.78 is 5.42. The molecule has 5 heteroatoms. The number of hydrogen-bond acceptors (Lipinski definition) is 4. The van der Waals surface area contributed by atoms with Gasteiger partial charge in [0.2, 0.25) is 5.91 Å². The van der Waals surface area contributed by atoms with Crippen molar-refractivity contribution in [3.63, 3.8) is 0 Å². The fourth-order valence-corrected chi connectivity index (χ4v) is 1.61. The third-order valence-corrected chi connectivity index (χ3v) is 2.69. The summed E-state index contributed by atoms with van der Waals surface area (Å²) >= 11 is 0. The van der Waals surface area contributed by atoms with Crippen molar-refractivity contribution in [2.45, 2.75) is 38.4 Å². The number of nitrogens with one attached hydrogen (secondary N) is 2. The molecule has 0 aliphatic carbocycles. The van der Waals surface area contributed by atoms with Gasteiger partial charge in [0.1, 0.15) is 0 Å². The predicted octanol–water partition coefficient (Wildman–Crippen LogP) is -0.358. The fourth-order valence-electron chi connectivity index (χ4n) is 1.61. The molecule has 1 rings (SSSR count). The Balaban J connectivity index is 2.05. The van der Waals surface area contributed by atoms with Gasteiger partial charge >= 0.3 is 0 Å². The average molecular weight is 230 g/mol. The zero-order valence-corrected chi connectivity index (χ0v) is 9.87. The second-order valence-electron chi connectivity index (χ2n) is 4.10. The third-order valence-electron chi connectivity index (χ3n) is 2.69. The first-order chi connectivity index (χ1) is 7.72. The van der Waals surface area contributed by atoms with Crippen LogP contribution in [0.25, 0.3) is 0 Å². The number of carbonyl (C=O) groups is 1. The van der Waals surface area contributed by atoms with E-state index in [1.807, 2.05) is 6.92 Å². The summed E-state index contributed by atoms with van der Waals surface area (Å²) in [5, 5.41) is 15.3. The molecule has 0 aromatic heterocycles. The topological polar surface area (TPSA) is 70.6 Å². The van der Waals surface area contributed by atoms with Crippen LogP contribution in [0.2, 0.25) is 0 Å². The van der Waals surface area contributed by atoms with Gasteiger partial charge < -0.3 is 20.5 Å². The van der Waals surface area contributed by atoms with Crippen LogP contribution in [0, 0.1) is 0 Å². The highest BCUT2D eigenvalue weighted by Gasteiger charge is 2.16. The van der Waals surface area contributed by atoms with Crippen LogP contribution in [0.5, 0.6) is 0 Å². The Labute approximate surface area is 96.6 Å². The molecule has 2 unspecified atom stereocenters. The van der Waals surface area contributed by atoms with E-state index in [0.717, 1.165) is 19.5 Å². The number of carbonyl (C=O) groups excluding carboxylic acids is 1. The smallest absolute Gasteiger partial charge is 0.222 e. The van der Waals surface area contributed by atoms with Gasteiger partial charge in [0.15, 0.2) is 0 Å². The van der Waals surface area contributed by atoms with Gasteiger partial charge in [-0.25, -0.2) is 0 Å². The molecule has 0 aromatic rings. The summed E-state index contributed by atoms with van der Waals surface area (Å²) in [6, 6.07) is 0. The second kappa shape index (κ2) is 7.60. The Hall–Kier alpha value is -0.650. The number of morpholine rings is 1. The first kappa shape index (κ1) is 13.4. The molecular formula is C11H22N2O3. The van der Waals surface area contributed by atoms with Crippen molar-refractivity contribution in [3.8, 4) is 0 Å².